The number of rotatable bonds is 4. The Balaban J connectivity index is -0.000000135. The lowest BCUT2D eigenvalue weighted by molar-refractivity contribution is 0.450. The molecule has 1 aromatic rings. The van der Waals surface area contributed by atoms with Crippen molar-refractivity contribution in [2.75, 3.05) is 13.1 Å². The minimum atomic E-state index is 0. The molecule has 2 nitrogen and oxygen atoms in total. The first-order valence-corrected chi connectivity index (χ1v) is 6.61. The SMILES string of the molecule is CC(C)(C)C[N-]c1ccccc1[N-]CC(C)(C)C.[Al].[Al].[CH3-].[CH3-].[CH3-].[CH3-]. The zero-order valence-corrected chi connectivity index (χ0v) is 20.1. The van der Waals surface area contributed by atoms with Crippen LogP contribution < -0.4 is 0 Å². The fourth-order valence-corrected chi connectivity index (χ4v) is 1.38. The Morgan fingerprint density at radius 1 is 0.625 bits per heavy atom. The van der Waals surface area contributed by atoms with Crippen LogP contribution in [0.25, 0.3) is 10.6 Å². The fraction of sp³-hybridized carbons (Fsp3) is 0.500. The van der Waals surface area contributed by atoms with Crippen LogP contribution in [0.1, 0.15) is 41.5 Å². The third-order valence-electron chi connectivity index (χ3n) is 2.33. The van der Waals surface area contributed by atoms with Gasteiger partial charge in [0.15, 0.2) is 0 Å². The van der Waals surface area contributed by atoms with Gasteiger partial charge in [-0.25, -0.2) is 0 Å². The largest absolute Gasteiger partial charge is 0.685 e. The Morgan fingerprint density at radius 3 is 1.08 bits per heavy atom. The first-order chi connectivity index (χ1) is 8.17. The first kappa shape index (κ1) is 39.1. The van der Waals surface area contributed by atoms with E-state index in [0.29, 0.717) is 0 Å². The molecule has 1 aromatic carbocycles. The zero-order chi connectivity index (χ0) is 13.8. The first-order valence-electron chi connectivity index (χ1n) is 6.61. The summed E-state index contributed by atoms with van der Waals surface area (Å²) in [7, 11) is 0. The van der Waals surface area contributed by atoms with Crippen LogP contribution in [0.4, 0.5) is 11.4 Å². The van der Waals surface area contributed by atoms with Gasteiger partial charge in [-0.15, -0.1) is 13.1 Å². The molecular formula is C20H38Al2N2-6. The molecular weight excluding hydrogens is 322 g/mol. The average molecular weight is 361 g/mol. The van der Waals surface area contributed by atoms with Gasteiger partial charge in [-0.2, -0.15) is 11.4 Å². The normalized spacial score (nSPS) is 9.25. The van der Waals surface area contributed by atoms with E-state index in [4.69, 9.17) is 0 Å². The highest BCUT2D eigenvalue weighted by molar-refractivity contribution is 5.76. The molecule has 0 heterocycles. The molecule has 6 radical (unpaired) electrons. The maximum Gasteiger partial charge on any atom is 0 e. The van der Waals surface area contributed by atoms with E-state index in [0.717, 1.165) is 24.5 Å². The van der Waals surface area contributed by atoms with E-state index in [-0.39, 0.29) is 75.3 Å². The van der Waals surface area contributed by atoms with Crippen LogP contribution in [0.5, 0.6) is 0 Å². The van der Waals surface area contributed by atoms with Gasteiger partial charge in [0.25, 0.3) is 0 Å². The van der Waals surface area contributed by atoms with Crippen LogP contribution in [0.15, 0.2) is 24.3 Å². The van der Waals surface area contributed by atoms with Gasteiger partial charge in [-0.3, -0.25) is 0 Å². The average Bonchev–Trinajstić information content (AvgIpc) is 2.22. The van der Waals surface area contributed by atoms with Crippen LogP contribution in [0.3, 0.4) is 0 Å². The third kappa shape index (κ3) is 18.2. The van der Waals surface area contributed by atoms with Gasteiger partial charge < -0.3 is 40.3 Å². The fourth-order valence-electron chi connectivity index (χ4n) is 1.38. The highest BCUT2D eigenvalue weighted by atomic mass is 27.0. The van der Waals surface area contributed by atoms with Gasteiger partial charge in [-0.05, 0) is 0 Å². The minimum Gasteiger partial charge on any atom is -0.685 e. The summed E-state index contributed by atoms with van der Waals surface area (Å²) in [6.45, 7) is 14.9. The Bertz CT molecular complexity index is 343. The van der Waals surface area contributed by atoms with Crippen molar-refractivity contribution in [3.8, 4) is 0 Å². The molecule has 4 heteroatoms. The van der Waals surface area contributed by atoms with Crippen molar-refractivity contribution in [3.63, 3.8) is 0 Å². The lowest BCUT2D eigenvalue weighted by atomic mass is 9.96. The number of para-hydroxylation sites is 2. The second-order valence-corrected chi connectivity index (χ2v) is 7.24. The Kier molecular flexibility index (Phi) is 26.7. The number of hydrogen-bond donors (Lipinski definition) is 0. The minimum absolute atomic E-state index is 0. The van der Waals surface area contributed by atoms with Crippen LogP contribution in [0, 0.1) is 40.5 Å². The highest BCUT2D eigenvalue weighted by Crippen LogP contribution is 2.37. The summed E-state index contributed by atoms with van der Waals surface area (Å²) >= 11 is 0. The van der Waals surface area contributed by atoms with E-state index in [9.17, 15) is 0 Å². The van der Waals surface area contributed by atoms with Crippen molar-refractivity contribution < 1.29 is 0 Å². The maximum absolute atomic E-state index is 4.68. The summed E-state index contributed by atoms with van der Waals surface area (Å²) in [4.78, 5) is 0. The standard InChI is InChI=1S/C16H26N2.4CH3.2Al/c1-15(2,3)11-17-13-9-7-8-10-14(13)18-12-16(4,5)6;;;;;;/h7-10H,11-12H2,1-6H3;4*1H3;;/q-2;4*-1;;. The van der Waals surface area contributed by atoms with E-state index in [1.54, 1.807) is 0 Å². The molecule has 24 heavy (non-hydrogen) atoms. The molecule has 0 saturated heterocycles. The van der Waals surface area contributed by atoms with Crippen LogP contribution in [-0.2, 0) is 0 Å². The summed E-state index contributed by atoms with van der Waals surface area (Å²) in [5.74, 6) is 0. The third-order valence-corrected chi connectivity index (χ3v) is 2.33. The van der Waals surface area contributed by atoms with Gasteiger partial charge in [0.2, 0.25) is 0 Å². The van der Waals surface area contributed by atoms with Gasteiger partial charge in [-0.1, -0.05) is 76.6 Å². The van der Waals surface area contributed by atoms with Gasteiger partial charge in [0.05, 0.1) is 0 Å². The quantitative estimate of drug-likeness (QED) is 0.416. The molecule has 0 aliphatic carbocycles. The smallest absolute Gasteiger partial charge is 0 e. The summed E-state index contributed by atoms with van der Waals surface area (Å²) < 4.78 is 0. The molecule has 0 saturated carbocycles. The highest BCUT2D eigenvalue weighted by Gasteiger charge is 2.04. The number of hydrogen-bond acceptors (Lipinski definition) is 0. The molecule has 0 bridgehead atoms. The van der Waals surface area contributed by atoms with Crippen LogP contribution in [0.2, 0.25) is 0 Å². The zero-order valence-electron chi connectivity index (χ0n) is 17.8. The second kappa shape index (κ2) is 16.4. The topological polar surface area (TPSA) is 28.2 Å². The van der Waals surface area contributed by atoms with E-state index in [1.807, 2.05) is 24.3 Å². The molecule has 0 spiro atoms. The van der Waals surface area contributed by atoms with Crippen LogP contribution in [-0.4, -0.2) is 47.8 Å². The Morgan fingerprint density at radius 2 is 0.875 bits per heavy atom. The molecule has 0 fully saturated rings. The van der Waals surface area contributed by atoms with E-state index in [2.05, 4.69) is 52.2 Å². The van der Waals surface area contributed by atoms with Crippen molar-refractivity contribution in [1.29, 1.82) is 0 Å². The van der Waals surface area contributed by atoms with Crippen LogP contribution >= 0.6 is 0 Å². The van der Waals surface area contributed by atoms with E-state index >= 15 is 0 Å². The molecule has 0 aliphatic heterocycles. The molecule has 0 amide bonds. The van der Waals surface area contributed by atoms with E-state index in [1.165, 1.54) is 0 Å². The van der Waals surface area contributed by atoms with Crippen molar-refractivity contribution in [3.05, 3.63) is 64.6 Å². The maximum atomic E-state index is 4.68. The lowest BCUT2D eigenvalue weighted by Crippen LogP contribution is -2.10. The summed E-state index contributed by atoms with van der Waals surface area (Å²) in [6.07, 6.45) is 0. The molecule has 140 valence electrons. The molecule has 0 unspecified atom stereocenters. The molecule has 0 atom stereocenters. The van der Waals surface area contributed by atoms with Gasteiger partial charge in [0, 0.05) is 34.7 Å². The van der Waals surface area contributed by atoms with Crippen molar-refractivity contribution in [2.24, 2.45) is 10.8 Å². The van der Waals surface area contributed by atoms with Gasteiger partial charge >= 0.3 is 0 Å². The van der Waals surface area contributed by atoms with Gasteiger partial charge in [0.1, 0.15) is 0 Å². The monoisotopic (exact) mass is 360 g/mol. The van der Waals surface area contributed by atoms with Crippen molar-refractivity contribution >= 4 is 46.1 Å². The lowest BCUT2D eigenvalue weighted by Gasteiger charge is -2.39. The molecule has 0 N–H and O–H groups in total. The number of benzene rings is 1. The number of nitrogens with zero attached hydrogens (tertiary/aromatic N) is 2. The van der Waals surface area contributed by atoms with Crippen molar-refractivity contribution in [1.82, 2.24) is 0 Å². The second-order valence-electron chi connectivity index (χ2n) is 7.24. The summed E-state index contributed by atoms with van der Waals surface area (Å²) in [5.41, 5.74) is 2.46. The Labute approximate surface area is 175 Å². The molecule has 0 aromatic heterocycles. The summed E-state index contributed by atoms with van der Waals surface area (Å²) in [5, 5.41) is 9.37. The van der Waals surface area contributed by atoms with E-state index < -0.39 is 0 Å². The molecule has 1 rings (SSSR count). The molecule has 0 aliphatic rings. The summed E-state index contributed by atoms with van der Waals surface area (Å²) in [6, 6.07) is 8.15. The predicted octanol–water partition coefficient (Wildman–Crippen LogP) is 6.83. The van der Waals surface area contributed by atoms with Crippen molar-refractivity contribution in [2.45, 2.75) is 41.5 Å². The Hall–Kier alpha value is -0.115. The predicted molar refractivity (Wildman–Crippen MR) is 118 cm³/mol.